The fourth-order valence-corrected chi connectivity index (χ4v) is 6.91. The Morgan fingerprint density at radius 2 is 2.17 bits per heavy atom. The molecule has 2 fully saturated rings. The van der Waals surface area contributed by atoms with Crippen LogP contribution in [0.4, 0.5) is 0 Å². The van der Waals surface area contributed by atoms with Crippen molar-refractivity contribution in [3.8, 4) is 11.5 Å². The molecule has 4 unspecified atom stereocenters. The number of aromatic hydroxyl groups is 1. The van der Waals surface area contributed by atoms with Gasteiger partial charge in [0.2, 0.25) is 0 Å². The van der Waals surface area contributed by atoms with Crippen LogP contribution in [0.1, 0.15) is 63.5 Å². The summed E-state index contributed by atoms with van der Waals surface area (Å²) < 4.78 is 6.42. The number of carbonyl (C=O) groups excluding carboxylic acids is 1. The van der Waals surface area contributed by atoms with E-state index in [2.05, 4.69) is 19.9 Å². The molecule has 3 heteroatoms. The van der Waals surface area contributed by atoms with E-state index < -0.39 is 5.60 Å². The van der Waals surface area contributed by atoms with E-state index >= 15 is 0 Å². The summed E-state index contributed by atoms with van der Waals surface area (Å²) in [7, 11) is 0. The first-order valence-corrected chi connectivity index (χ1v) is 9.08. The maximum absolute atomic E-state index is 13.1. The molecule has 122 valence electrons. The van der Waals surface area contributed by atoms with Crippen LogP contribution in [-0.4, -0.2) is 16.5 Å². The van der Waals surface area contributed by atoms with Crippen LogP contribution in [0, 0.1) is 11.3 Å². The zero-order valence-electron chi connectivity index (χ0n) is 13.9. The zero-order valence-corrected chi connectivity index (χ0v) is 13.9. The van der Waals surface area contributed by atoms with Crippen LogP contribution >= 0.6 is 0 Å². The third kappa shape index (κ3) is 1.20. The molecule has 23 heavy (non-hydrogen) atoms. The SMILES string of the molecule is CCC12Oc3c(O)ccc4c3C13CCCC(C4)C3(C)CCC2=O. The second kappa shape index (κ2) is 3.93. The van der Waals surface area contributed by atoms with Gasteiger partial charge in [-0.05, 0) is 55.1 Å². The van der Waals surface area contributed by atoms with Crippen molar-refractivity contribution in [3.05, 3.63) is 23.3 Å². The highest BCUT2D eigenvalue weighted by Crippen LogP contribution is 2.74. The summed E-state index contributed by atoms with van der Waals surface area (Å²) in [5.74, 6) is 1.70. The Kier molecular flexibility index (Phi) is 2.37. The molecule has 1 aromatic rings. The highest BCUT2D eigenvalue weighted by atomic mass is 16.5. The van der Waals surface area contributed by atoms with Gasteiger partial charge in [0.15, 0.2) is 22.9 Å². The Morgan fingerprint density at radius 3 is 2.96 bits per heavy atom. The van der Waals surface area contributed by atoms with E-state index in [-0.39, 0.29) is 22.4 Å². The van der Waals surface area contributed by atoms with Crippen LogP contribution < -0.4 is 4.74 Å². The summed E-state index contributed by atoms with van der Waals surface area (Å²) in [6.45, 7) is 4.48. The average molecular weight is 312 g/mol. The predicted octanol–water partition coefficient (Wildman–Crippen LogP) is 3.90. The van der Waals surface area contributed by atoms with Crippen molar-refractivity contribution in [2.24, 2.45) is 11.3 Å². The quantitative estimate of drug-likeness (QED) is 0.855. The summed E-state index contributed by atoms with van der Waals surface area (Å²) in [6.07, 6.45) is 6.78. The molecule has 0 radical (unpaired) electrons. The number of phenolic OH excluding ortho intramolecular Hbond substituents is 1. The topological polar surface area (TPSA) is 46.5 Å². The molecular formula is C20H24O3. The molecule has 5 rings (SSSR count). The molecule has 4 atom stereocenters. The van der Waals surface area contributed by atoms with Gasteiger partial charge in [-0.15, -0.1) is 0 Å². The Morgan fingerprint density at radius 1 is 1.35 bits per heavy atom. The lowest BCUT2D eigenvalue weighted by Gasteiger charge is -2.64. The molecule has 3 aliphatic carbocycles. The van der Waals surface area contributed by atoms with Crippen molar-refractivity contribution in [2.45, 2.75) is 69.8 Å². The number of ether oxygens (including phenoxy) is 1. The molecule has 0 saturated heterocycles. The highest BCUT2D eigenvalue weighted by Gasteiger charge is 2.76. The summed E-state index contributed by atoms with van der Waals surface area (Å²) in [4.78, 5) is 13.1. The Balaban J connectivity index is 1.93. The first-order valence-electron chi connectivity index (χ1n) is 9.08. The molecule has 1 aliphatic heterocycles. The fourth-order valence-electron chi connectivity index (χ4n) is 6.91. The molecule has 3 nitrogen and oxygen atoms in total. The molecule has 0 amide bonds. The van der Waals surface area contributed by atoms with Crippen molar-refractivity contribution < 1.29 is 14.6 Å². The second-order valence-electron chi connectivity index (χ2n) is 8.27. The van der Waals surface area contributed by atoms with Gasteiger partial charge in [0, 0.05) is 12.0 Å². The van der Waals surface area contributed by atoms with Gasteiger partial charge < -0.3 is 9.84 Å². The number of hydrogen-bond donors (Lipinski definition) is 1. The summed E-state index contributed by atoms with van der Waals surface area (Å²) in [5.41, 5.74) is 1.63. The molecule has 2 bridgehead atoms. The third-order valence-corrected chi connectivity index (χ3v) is 7.88. The fraction of sp³-hybridized carbons (Fsp3) is 0.650. The molecular weight excluding hydrogens is 288 g/mol. The smallest absolute Gasteiger partial charge is 0.177 e. The van der Waals surface area contributed by atoms with Gasteiger partial charge in [0.1, 0.15) is 0 Å². The highest BCUT2D eigenvalue weighted by molar-refractivity contribution is 5.93. The predicted molar refractivity (Wildman–Crippen MR) is 86.8 cm³/mol. The van der Waals surface area contributed by atoms with Gasteiger partial charge >= 0.3 is 0 Å². The first-order chi connectivity index (χ1) is 11.0. The van der Waals surface area contributed by atoms with Crippen LogP contribution in [0.3, 0.4) is 0 Å². The number of phenols is 1. The first kappa shape index (κ1) is 13.9. The second-order valence-corrected chi connectivity index (χ2v) is 8.27. The number of hydrogen-bond acceptors (Lipinski definition) is 3. The summed E-state index contributed by atoms with van der Waals surface area (Å²) >= 11 is 0. The molecule has 1 aromatic carbocycles. The normalized spacial score (nSPS) is 43.0. The molecule has 1 heterocycles. The number of rotatable bonds is 1. The lowest BCUT2D eigenvalue weighted by molar-refractivity contribution is -0.170. The minimum Gasteiger partial charge on any atom is -0.504 e. The van der Waals surface area contributed by atoms with Crippen LogP contribution in [0.2, 0.25) is 0 Å². The van der Waals surface area contributed by atoms with Crippen molar-refractivity contribution in [1.29, 1.82) is 0 Å². The van der Waals surface area contributed by atoms with Crippen LogP contribution in [0.25, 0.3) is 0 Å². The van der Waals surface area contributed by atoms with Crippen LogP contribution in [-0.2, 0) is 16.6 Å². The largest absolute Gasteiger partial charge is 0.504 e. The average Bonchev–Trinajstić information content (AvgIpc) is 2.84. The monoisotopic (exact) mass is 312 g/mol. The van der Waals surface area contributed by atoms with Gasteiger partial charge in [0.05, 0.1) is 5.41 Å². The van der Waals surface area contributed by atoms with Gasteiger partial charge in [-0.3, -0.25) is 4.79 Å². The van der Waals surface area contributed by atoms with Crippen molar-refractivity contribution in [1.82, 2.24) is 0 Å². The van der Waals surface area contributed by atoms with E-state index in [1.807, 2.05) is 0 Å². The Bertz CT molecular complexity index is 739. The number of Topliss-reactive ketones (excluding diaryl/α,β-unsaturated/α-hetero) is 1. The lowest BCUT2D eigenvalue weighted by atomic mass is 9.37. The van der Waals surface area contributed by atoms with Crippen molar-refractivity contribution >= 4 is 5.78 Å². The zero-order chi connectivity index (χ0) is 16.0. The van der Waals surface area contributed by atoms with E-state index in [0.29, 0.717) is 24.5 Å². The van der Waals surface area contributed by atoms with E-state index in [1.165, 1.54) is 17.5 Å². The van der Waals surface area contributed by atoms with E-state index in [0.717, 1.165) is 25.7 Å². The minimum atomic E-state index is -0.755. The van der Waals surface area contributed by atoms with Gasteiger partial charge in [0.25, 0.3) is 0 Å². The molecule has 1 N–H and O–H groups in total. The maximum Gasteiger partial charge on any atom is 0.177 e. The number of benzene rings is 1. The molecule has 1 spiro atoms. The lowest BCUT2D eigenvalue weighted by Crippen LogP contribution is -2.71. The van der Waals surface area contributed by atoms with Crippen molar-refractivity contribution in [2.75, 3.05) is 0 Å². The Hall–Kier alpha value is -1.51. The van der Waals surface area contributed by atoms with Gasteiger partial charge in [-0.1, -0.05) is 26.3 Å². The molecule has 2 saturated carbocycles. The van der Waals surface area contributed by atoms with Gasteiger partial charge in [-0.2, -0.15) is 0 Å². The third-order valence-electron chi connectivity index (χ3n) is 7.88. The van der Waals surface area contributed by atoms with E-state index in [1.54, 1.807) is 6.07 Å². The Labute approximate surface area is 137 Å². The van der Waals surface area contributed by atoms with E-state index in [9.17, 15) is 9.90 Å². The minimum absolute atomic E-state index is 0.112. The number of carbonyl (C=O) groups is 1. The number of ketones is 1. The van der Waals surface area contributed by atoms with E-state index in [4.69, 9.17) is 4.74 Å². The maximum atomic E-state index is 13.1. The van der Waals surface area contributed by atoms with Crippen LogP contribution in [0.15, 0.2) is 12.1 Å². The van der Waals surface area contributed by atoms with Crippen LogP contribution in [0.5, 0.6) is 11.5 Å². The summed E-state index contributed by atoms with van der Waals surface area (Å²) in [6, 6.07) is 3.83. The standard InChI is InChI=1S/C20H24O3/c1-3-20-15(22)8-10-18(2)13-5-4-9-19(18,20)16-12(11-13)6-7-14(21)17(16)23-20/h6-7,13,21H,3-5,8-11H2,1-2H3. The van der Waals surface area contributed by atoms with Gasteiger partial charge in [-0.25, -0.2) is 0 Å². The van der Waals surface area contributed by atoms with Crippen molar-refractivity contribution in [3.63, 3.8) is 0 Å². The molecule has 0 aromatic heterocycles. The molecule has 4 aliphatic rings. The summed E-state index contributed by atoms with van der Waals surface area (Å²) in [5, 5.41) is 10.5.